The molecule has 0 bridgehead atoms. The molecule has 1 aromatic carbocycles. The van der Waals surface area contributed by atoms with Crippen molar-refractivity contribution in [2.24, 2.45) is 0 Å². The second kappa shape index (κ2) is 11.1. The molecule has 0 N–H and O–H groups in total. The summed E-state index contributed by atoms with van der Waals surface area (Å²) in [5.41, 5.74) is 1.28. The van der Waals surface area contributed by atoms with Gasteiger partial charge in [-0.15, -0.1) is 11.3 Å². The first-order chi connectivity index (χ1) is 15.2. The van der Waals surface area contributed by atoms with Crippen LogP contribution in [0.2, 0.25) is 0 Å². The van der Waals surface area contributed by atoms with Gasteiger partial charge < -0.3 is 14.4 Å². The zero-order chi connectivity index (χ0) is 21.5. The van der Waals surface area contributed by atoms with Gasteiger partial charge in [0, 0.05) is 57.3 Å². The van der Waals surface area contributed by atoms with Crippen molar-refractivity contribution in [1.82, 2.24) is 14.7 Å². The van der Waals surface area contributed by atoms with E-state index in [1.807, 2.05) is 17.0 Å². The Balaban J connectivity index is 1.26. The molecule has 1 amide bonds. The van der Waals surface area contributed by atoms with E-state index in [0.717, 1.165) is 71.0 Å². The molecule has 0 radical (unpaired) electrons. The highest BCUT2D eigenvalue weighted by molar-refractivity contribution is 7.09. The number of rotatable bonds is 9. The molecular formula is C24H33N3O3S. The minimum absolute atomic E-state index is 0.235. The molecule has 168 valence electrons. The second-order valence-electron chi connectivity index (χ2n) is 8.39. The first kappa shape index (κ1) is 22.3. The van der Waals surface area contributed by atoms with Gasteiger partial charge in [-0.25, -0.2) is 0 Å². The Kier molecular flexibility index (Phi) is 7.97. The molecule has 1 unspecified atom stereocenters. The summed E-state index contributed by atoms with van der Waals surface area (Å²) in [5, 5.41) is 2.10. The SMILES string of the molecule is COc1ccc(CN2CCN(C(=O)CN(Cc3cccs3)CC3CCCO3)CC2)cc1. The molecule has 7 heteroatoms. The summed E-state index contributed by atoms with van der Waals surface area (Å²) >= 11 is 1.75. The number of piperazine rings is 1. The Labute approximate surface area is 189 Å². The van der Waals surface area contributed by atoms with Crippen molar-refractivity contribution in [3.8, 4) is 5.75 Å². The average Bonchev–Trinajstić information content (AvgIpc) is 3.49. The molecule has 31 heavy (non-hydrogen) atoms. The van der Waals surface area contributed by atoms with Crippen LogP contribution >= 0.6 is 11.3 Å². The number of carbonyl (C=O) groups is 1. The predicted octanol–water partition coefficient (Wildman–Crippen LogP) is 3.08. The number of amides is 1. The molecule has 2 fully saturated rings. The van der Waals surface area contributed by atoms with E-state index >= 15 is 0 Å². The normalized spacial score (nSPS) is 19.8. The molecular weight excluding hydrogens is 410 g/mol. The minimum Gasteiger partial charge on any atom is -0.497 e. The lowest BCUT2D eigenvalue weighted by atomic mass is 10.2. The number of thiophene rings is 1. The number of nitrogens with zero attached hydrogens (tertiary/aromatic N) is 3. The number of hydrogen-bond donors (Lipinski definition) is 0. The van der Waals surface area contributed by atoms with Gasteiger partial charge in [0.1, 0.15) is 5.75 Å². The number of ether oxygens (including phenoxy) is 2. The number of hydrogen-bond acceptors (Lipinski definition) is 6. The monoisotopic (exact) mass is 443 g/mol. The molecule has 2 aromatic rings. The summed E-state index contributed by atoms with van der Waals surface area (Å²) in [4.78, 5) is 21.1. The second-order valence-corrected chi connectivity index (χ2v) is 9.42. The largest absolute Gasteiger partial charge is 0.497 e. The fraction of sp³-hybridized carbons (Fsp3) is 0.542. The first-order valence-electron chi connectivity index (χ1n) is 11.2. The molecule has 1 aromatic heterocycles. The molecule has 2 saturated heterocycles. The van der Waals surface area contributed by atoms with Crippen molar-refractivity contribution in [1.29, 1.82) is 0 Å². The van der Waals surface area contributed by atoms with Gasteiger partial charge in [-0.1, -0.05) is 18.2 Å². The van der Waals surface area contributed by atoms with E-state index in [0.29, 0.717) is 6.54 Å². The summed E-state index contributed by atoms with van der Waals surface area (Å²) in [5.74, 6) is 1.12. The number of methoxy groups -OCH3 is 1. The topological polar surface area (TPSA) is 45.2 Å². The Hall–Kier alpha value is -1.93. The van der Waals surface area contributed by atoms with E-state index in [2.05, 4.69) is 39.4 Å². The summed E-state index contributed by atoms with van der Waals surface area (Å²) in [6.07, 6.45) is 2.48. The molecule has 0 aliphatic carbocycles. The van der Waals surface area contributed by atoms with Crippen molar-refractivity contribution in [3.05, 3.63) is 52.2 Å². The van der Waals surface area contributed by atoms with E-state index in [4.69, 9.17) is 9.47 Å². The highest BCUT2D eigenvalue weighted by Crippen LogP contribution is 2.18. The van der Waals surface area contributed by atoms with E-state index in [9.17, 15) is 4.79 Å². The standard InChI is InChI=1S/C24H33N3O3S/c1-29-21-8-6-20(7-9-21)16-25-10-12-27(13-11-25)24(28)19-26(17-22-4-2-14-30-22)18-23-5-3-15-31-23/h3,5-9,15,22H,2,4,10-14,16-19H2,1H3. The van der Waals surface area contributed by atoms with Crippen LogP contribution in [-0.2, 0) is 22.6 Å². The third-order valence-electron chi connectivity index (χ3n) is 6.09. The van der Waals surface area contributed by atoms with Crippen molar-refractivity contribution in [2.45, 2.75) is 32.0 Å². The highest BCUT2D eigenvalue weighted by atomic mass is 32.1. The summed E-state index contributed by atoms with van der Waals surface area (Å²) < 4.78 is 11.1. The van der Waals surface area contributed by atoms with Gasteiger partial charge >= 0.3 is 0 Å². The lowest BCUT2D eigenvalue weighted by molar-refractivity contribution is -0.134. The molecule has 4 rings (SSSR count). The van der Waals surface area contributed by atoms with E-state index in [1.54, 1.807) is 18.4 Å². The Bertz CT molecular complexity index is 798. The van der Waals surface area contributed by atoms with Gasteiger partial charge in [0.25, 0.3) is 0 Å². The van der Waals surface area contributed by atoms with Crippen LogP contribution in [0.3, 0.4) is 0 Å². The third-order valence-corrected chi connectivity index (χ3v) is 6.96. The van der Waals surface area contributed by atoms with Gasteiger partial charge in [0.15, 0.2) is 0 Å². The predicted molar refractivity (Wildman–Crippen MR) is 123 cm³/mol. The van der Waals surface area contributed by atoms with E-state index in [1.165, 1.54) is 10.4 Å². The number of benzene rings is 1. The number of carbonyl (C=O) groups excluding carboxylic acids is 1. The quantitative estimate of drug-likeness (QED) is 0.596. The van der Waals surface area contributed by atoms with Crippen molar-refractivity contribution >= 4 is 17.2 Å². The smallest absolute Gasteiger partial charge is 0.236 e. The van der Waals surface area contributed by atoms with Crippen LogP contribution in [0, 0.1) is 0 Å². The summed E-state index contributed by atoms with van der Waals surface area (Å²) in [6, 6.07) is 12.5. The lowest BCUT2D eigenvalue weighted by Crippen LogP contribution is -2.51. The zero-order valence-corrected chi connectivity index (χ0v) is 19.2. The van der Waals surface area contributed by atoms with Crippen LogP contribution in [0.25, 0.3) is 0 Å². The summed E-state index contributed by atoms with van der Waals surface area (Å²) in [6.45, 7) is 7.29. The third kappa shape index (κ3) is 6.53. The van der Waals surface area contributed by atoms with Crippen LogP contribution < -0.4 is 4.74 Å². The maximum absolute atomic E-state index is 13.1. The van der Waals surface area contributed by atoms with Crippen LogP contribution in [0.4, 0.5) is 0 Å². The zero-order valence-electron chi connectivity index (χ0n) is 18.4. The molecule has 3 heterocycles. The van der Waals surface area contributed by atoms with Crippen molar-refractivity contribution < 1.29 is 14.3 Å². The van der Waals surface area contributed by atoms with Gasteiger partial charge in [-0.05, 0) is 42.0 Å². The van der Waals surface area contributed by atoms with Crippen molar-refractivity contribution in [3.63, 3.8) is 0 Å². The molecule has 6 nitrogen and oxygen atoms in total. The summed E-state index contributed by atoms with van der Waals surface area (Å²) in [7, 11) is 1.69. The van der Waals surface area contributed by atoms with E-state index in [-0.39, 0.29) is 12.0 Å². The molecule has 0 saturated carbocycles. The van der Waals surface area contributed by atoms with Gasteiger partial charge in [-0.3, -0.25) is 14.6 Å². The molecule has 2 aliphatic heterocycles. The minimum atomic E-state index is 0.235. The van der Waals surface area contributed by atoms with Crippen LogP contribution in [0.1, 0.15) is 23.3 Å². The Morgan fingerprint density at radius 2 is 2.00 bits per heavy atom. The lowest BCUT2D eigenvalue weighted by Gasteiger charge is -2.36. The van der Waals surface area contributed by atoms with Crippen LogP contribution in [0.15, 0.2) is 41.8 Å². The Morgan fingerprint density at radius 1 is 1.19 bits per heavy atom. The highest BCUT2D eigenvalue weighted by Gasteiger charge is 2.25. The van der Waals surface area contributed by atoms with Gasteiger partial charge in [0.05, 0.1) is 19.8 Å². The molecule has 1 atom stereocenters. The maximum atomic E-state index is 13.1. The molecule has 0 spiro atoms. The average molecular weight is 444 g/mol. The van der Waals surface area contributed by atoms with Crippen molar-refractivity contribution in [2.75, 3.05) is 53.0 Å². The first-order valence-corrected chi connectivity index (χ1v) is 12.1. The fourth-order valence-electron chi connectivity index (χ4n) is 4.32. The van der Waals surface area contributed by atoms with Gasteiger partial charge in [-0.2, -0.15) is 0 Å². The van der Waals surface area contributed by atoms with E-state index < -0.39 is 0 Å². The fourth-order valence-corrected chi connectivity index (χ4v) is 5.07. The maximum Gasteiger partial charge on any atom is 0.236 e. The van der Waals surface area contributed by atoms with Crippen LogP contribution in [-0.4, -0.2) is 79.7 Å². The Morgan fingerprint density at radius 3 is 2.65 bits per heavy atom. The van der Waals surface area contributed by atoms with Crippen LogP contribution in [0.5, 0.6) is 5.75 Å². The van der Waals surface area contributed by atoms with Gasteiger partial charge in [0.2, 0.25) is 5.91 Å². The molecule has 2 aliphatic rings.